The molecule has 0 saturated heterocycles. The minimum atomic E-state index is -2.81. The zero-order valence-electron chi connectivity index (χ0n) is 14.3. The molecule has 2 aromatic heterocycles. The lowest BCUT2D eigenvalue weighted by Gasteiger charge is -2.15. The van der Waals surface area contributed by atoms with Crippen LogP contribution in [0, 0.1) is 6.92 Å². The first-order valence-electron chi connectivity index (χ1n) is 7.82. The molecule has 0 aliphatic carbocycles. The van der Waals surface area contributed by atoms with Crippen molar-refractivity contribution in [3.8, 4) is 10.4 Å². The molecule has 0 unspecified atom stereocenters. The largest absolute Gasteiger partial charge is 0.355 e. The molecule has 2 rings (SSSR count). The molecule has 2 N–H and O–H groups in total. The average Bonchev–Trinajstić information content (AvgIpc) is 3.00. The molecular weight excluding hydrogens is 362 g/mol. The van der Waals surface area contributed by atoms with Crippen molar-refractivity contribution in [2.75, 3.05) is 17.4 Å². The van der Waals surface area contributed by atoms with E-state index in [0.717, 1.165) is 16.1 Å². The first-order chi connectivity index (χ1) is 11.8. The highest BCUT2D eigenvalue weighted by Gasteiger charge is 2.14. The number of H-pyrrole nitrogens is 1. The van der Waals surface area contributed by atoms with E-state index in [2.05, 4.69) is 10.3 Å². The van der Waals surface area contributed by atoms with Gasteiger partial charge in [0.1, 0.15) is 5.00 Å². The van der Waals surface area contributed by atoms with E-state index in [4.69, 9.17) is 0 Å². The van der Waals surface area contributed by atoms with E-state index in [9.17, 15) is 18.0 Å². The van der Waals surface area contributed by atoms with E-state index in [1.165, 1.54) is 22.6 Å². The van der Waals surface area contributed by atoms with Crippen molar-refractivity contribution in [3.05, 3.63) is 39.8 Å². The highest BCUT2D eigenvalue weighted by molar-refractivity contribution is 7.74. The Morgan fingerprint density at radius 1 is 1.36 bits per heavy atom. The van der Waals surface area contributed by atoms with Crippen molar-refractivity contribution < 1.29 is 13.2 Å². The maximum atomic E-state index is 11.9. The van der Waals surface area contributed by atoms with Crippen LogP contribution in [0.15, 0.2) is 23.0 Å². The second-order valence-electron chi connectivity index (χ2n) is 5.50. The maximum Gasteiger partial charge on any atom is 0.251 e. The predicted octanol–water partition coefficient (Wildman–Crippen LogP) is 1.44. The Hall–Kier alpha value is -2.13. The van der Waals surface area contributed by atoms with Crippen molar-refractivity contribution in [3.63, 3.8) is 0 Å². The van der Waals surface area contributed by atoms with Crippen molar-refractivity contribution in [2.45, 2.75) is 27.2 Å². The van der Waals surface area contributed by atoms with E-state index in [1.54, 1.807) is 6.07 Å². The molecule has 0 fully saturated rings. The minimum Gasteiger partial charge on any atom is -0.355 e. The summed E-state index contributed by atoms with van der Waals surface area (Å²) in [7, 11) is -2.81. The fraction of sp³-hybridized carbons (Fsp3) is 0.375. The number of aromatic nitrogens is 1. The Morgan fingerprint density at radius 3 is 2.68 bits per heavy atom. The number of carbonyl (C=O) groups excluding carboxylic acids is 1. The van der Waals surface area contributed by atoms with Crippen LogP contribution in [0.3, 0.4) is 0 Å². The van der Waals surface area contributed by atoms with Crippen LogP contribution in [0.1, 0.15) is 25.1 Å². The molecule has 7 nitrogen and oxygen atoms in total. The molecule has 136 valence electrons. The van der Waals surface area contributed by atoms with Crippen LogP contribution in [0.25, 0.3) is 10.4 Å². The first-order valence-corrected chi connectivity index (χ1v) is 9.77. The Morgan fingerprint density at radius 2 is 2.08 bits per heavy atom. The number of nitrogens with zero attached hydrogens (tertiary/aromatic N) is 1. The van der Waals surface area contributed by atoms with Gasteiger partial charge < -0.3 is 10.3 Å². The van der Waals surface area contributed by atoms with Crippen LogP contribution < -0.4 is 15.2 Å². The minimum absolute atomic E-state index is 0.0971. The molecule has 0 radical (unpaired) electrons. The third kappa shape index (κ3) is 4.70. The number of hydrogen-bond acceptors (Lipinski definition) is 5. The lowest BCUT2D eigenvalue weighted by molar-refractivity contribution is -0.118. The number of aromatic amines is 1. The summed E-state index contributed by atoms with van der Waals surface area (Å²) in [5, 5.41) is 3.16. The molecule has 1 amide bonds. The van der Waals surface area contributed by atoms with Crippen molar-refractivity contribution in [2.24, 2.45) is 0 Å². The molecule has 0 aromatic carbocycles. The van der Waals surface area contributed by atoms with Crippen molar-refractivity contribution in [1.82, 2.24) is 10.3 Å². The summed E-state index contributed by atoms with van der Waals surface area (Å²) in [4.78, 5) is 26.5. The molecule has 0 bridgehead atoms. The lowest BCUT2D eigenvalue weighted by Crippen LogP contribution is -2.32. The van der Waals surface area contributed by atoms with Gasteiger partial charge >= 0.3 is 0 Å². The Balaban J connectivity index is 2.31. The SMILES string of the molecule is CCc1cc(-c2ccc(N(CCNC(C)=O)[SH](=O)=O)s2)c(C)[nH]c1=O. The first kappa shape index (κ1) is 19.2. The van der Waals surface area contributed by atoms with Gasteiger partial charge in [0.15, 0.2) is 0 Å². The summed E-state index contributed by atoms with van der Waals surface area (Å²) < 4.78 is 24.3. The molecule has 25 heavy (non-hydrogen) atoms. The van der Waals surface area contributed by atoms with E-state index >= 15 is 0 Å². The van der Waals surface area contributed by atoms with Crippen LogP contribution in [0.2, 0.25) is 0 Å². The lowest BCUT2D eigenvalue weighted by atomic mass is 10.1. The van der Waals surface area contributed by atoms with E-state index in [0.29, 0.717) is 17.0 Å². The van der Waals surface area contributed by atoms with Gasteiger partial charge in [-0.3, -0.25) is 13.9 Å². The van der Waals surface area contributed by atoms with Gasteiger partial charge in [0, 0.05) is 35.2 Å². The Bertz CT molecular complexity index is 891. The highest BCUT2D eigenvalue weighted by atomic mass is 32.2. The normalized spacial score (nSPS) is 10.9. The van der Waals surface area contributed by atoms with Crippen LogP contribution in [0.4, 0.5) is 5.00 Å². The average molecular weight is 383 g/mol. The summed E-state index contributed by atoms with van der Waals surface area (Å²) in [6, 6.07) is 5.42. The number of pyridine rings is 1. The van der Waals surface area contributed by atoms with E-state index < -0.39 is 10.9 Å². The number of amides is 1. The zero-order chi connectivity index (χ0) is 18.6. The van der Waals surface area contributed by atoms with Gasteiger partial charge in [0.05, 0.1) is 6.54 Å². The van der Waals surface area contributed by atoms with Crippen LogP contribution in [-0.4, -0.2) is 32.4 Å². The van der Waals surface area contributed by atoms with Crippen molar-refractivity contribution in [1.29, 1.82) is 0 Å². The molecule has 0 saturated carbocycles. The number of hydrogen-bond donors (Lipinski definition) is 3. The standard InChI is InChI=1S/C16H21N3O4S2/c1-4-12-9-13(10(2)18-16(12)21)14-5-6-15(24-14)19(25(22)23)8-7-17-11(3)20/h5-6,9,25H,4,7-8H2,1-3H3,(H,17,20)(H,18,21). The van der Waals surface area contributed by atoms with Gasteiger partial charge in [-0.05, 0) is 31.5 Å². The molecule has 0 aliphatic heterocycles. The molecule has 2 heterocycles. The topological polar surface area (TPSA) is 99.3 Å². The number of thiol groups is 1. The molecule has 2 aromatic rings. The molecule has 9 heteroatoms. The predicted molar refractivity (Wildman–Crippen MR) is 101 cm³/mol. The third-order valence-corrected chi connectivity index (χ3v) is 5.79. The molecule has 0 atom stereocenters. The van der Waals surface area contributed by atoms with Crippen LogP contribution >= 0.6 is 11.3 Å². The van der Waals surface area contributed by atoms with E-state index in [1.807, 2.05) is 26.0 Å². The van der Waals surface area contributed by atoms with Gasteiger partial charge in [-0.1, -0.05) is 6.92 Å². The number of carbonyl (C=O) groups is 1. The summed E-state index contributed by atoms with van der Waals surface area (Å²) in [6.07, 6.45) is 0.621. The fourth-order valence-electron chi connectivity index (χ4n) is 2.41. The Kier molecular flexibility index (Phi) is 6.38. The number of nitrogens with one attached hydrogen (secondary N) is 2. The smallest absolute Gasteiger partial charge is 0.251 e. The van der Waals surface area contributed by atoms with Crippen LogP contribution in [0.5, 0.6) is 0 Å². The quantitative estimate of drug-likeness (QED) is 0.630. The van der Waals surface area contributed by atoms with Crippen LogP contribution in [-0.2, 0) is 22.1 Å². The summed E-state index contributed by atoms with van der Waals surface area (Å²) >= 11 is 1.33. The van der Waals surface area contributed by atoms with Gasteiger partial charge in [-0.15, -0.1) is 11.3 Å². The van der Waals surface area contributed by atoms with Crippen molar-refractivity contribution >= 4 is 33.1 Å². The van der Waals surface area contributed by atoms with Gasteiger partial charge in [0.2, 0.25) is 16.8 Å². The fourth-order valence-corrected chi connectivity index (χ4v) is 4.24. The monoisotopic (exact) mass is 383 g/mol. The second-order valence-corrected chi connectivity index (χ2v) is 7.52. The summed E-state index contributed by atoms with van der Waals surface area (Å²) in [5.41, 5.74) is 2.22. The number of anilines is 1. The summed E-state index contributed by atoms with van der Waals surface area (Å²) in [6.45, 7) is 5.52. The number of thiophene rings is 1. The van der Waals surface area contributed by atoms with E-state index in [-0.39, 0.29) is 24.6 Å². The maximum absolute atomic E-state index is 11.9. The Labute approximate surface area is 151 Å². The second kappa shape index (κ2) is 8.30. The summed E-state index contributed by atoms with van der Waals surface area (Å²) in [5.74, 6) is -0.205. The number of aryl methyl sites for hydroxylation is 2. The van der Waals surface area contributed by atoms with Gasteiger partial charge in [-0.2, -0.15) is 0 Å². The van der Waals surface area contributed by atoms with Gasteiger partial charge in [-0.25, -0.2) is 8.42 Å². The third-order valence-electron chi connectivity index (χ3n) is 3.70. The zero-order valence-corrected chi connectivity index (χ0v) is 16.0. The number of rotatable bonds is 7. The molecule has 0 aliphatic rings. The highest BCUT2D eigenvalue weighted by Crippen LogP contribution is 2.34. The molecule has 0 spiro atoms. The molecular formula is C16H21N3O4S2. The van der Waals surface area contributed by atoms with Gasteiger partial charge in [0.25, 0.3) is 5.56 Å².